The number of hydrogen-bond acceptors (Lipinski definition) is 3. The SMILES string of the molecule is CN1C[C@H](C2CCNCC2)OC1=O. The number of likely N-dealkylation sites (N-methyl/N-ethyl adjacent to an activating group) is 1. The van der Waals surface area contributed by atoms with Crippen LogP contribution in [-0.2, 0) is 4.74 Å². The Bertz CT molecular complexity index is 202. The second kappa shape index (κ2) is 3.54. The highest BCUT2D eigenvalue weighted by Gasteiger charge is 2.34. The van der Waals surface area contributed by atoms with Gasteiger partial charge in [0.1, 0.15) is 6.10 Å². The number of nitrogens with zero attached hydrogens (tertiary/aromatic N) is 1. The zero-order chi connectivity index (χ0) is 9.26. The third-order valence-electron chi connectivity index (χ3n) is 2.93. The van der Waals surface area contributed by atoms with Crippen LogP contribution in [0.25, 0.3) is 0 Å². The summed E-state index contributed by atoms with van der Waals surface area (Å²) in [6.45, 7) is 2.88. The molecule has 2 fully saturated rings. The molecular weight excluding hydrogens is 168 g/mol. The minimum absolute atomic E-state index is 0.139. The molecule has 0 aromatic rings. The van der Waals surface area contributed by atoms with E-state index >= 15 is 0 Å². The van der Waals surface area contributed by atoms with Gasteiger partial charge in [0.25, 0.3) is 0 Å². The van der Waals surface area contributed by atoms with Crippen molar-refractivity contribution in [2.75, 3.05) is 26.7 Å². The van der Waals surface area contributed by atoms with Crippen molar-refractivity contribution in [1.29, 1.82) is 0 Å². The van der Waals surface area contributed by atoms with Crippen molar-refractivity contribution < 1.29 is 9.53 Å². The van der Waals surface area contributed by atoms with Crippen molar-refractivity contribution in [3.63, 3.8) is 0 Å². The maximum atomic E-state index is 11.1. The first-order chi connectivity index (χ1) is 6.27. The predicted molar refractivity (Wildman–Crippen MR) is 48.5 cm³/mol. The Morgan fingerprint density at radius 3 is 2.69 bits per heavy atom. The molecule has 13 heavy (non-hydrogen) atoms. The number of carbonyl (C=O) groups excluding carboxylic acids is 1. The average molecular weight is 184 g/mol. The number of carbonyl (C=O) groups is 1. The molecule has 0 unspecified atom stereocenters. The minimum atomic E-state index is -0.163. The molecular formula is C9H16N2O2. The number of cyclic esters (lactones) is 1. The number of rotatable bonds is 1. The molecule has 74 valence electrons. The molecule has 2 heterocycles. The van der Waals surface area contributed by atoms with Crippen LogP contribution in [0.1, 0.15) is 12.8 Å². The van der Waals surface area contributed by atoms with Crippen molar-refractivity contribution in [2.24, 2.45) is 5.92 Å². The number of ether oxygens (including phenoxy) is 1. The van der Waals surface area contributed by atoms with E-state index in [0.29, 0.717) is 5.92 Å². The lowest BCUT2D eigenvalue weighted by Gasteiger charge is -2.26. The fraction of sp³-hybridized carbons (Fsp3) is 0.889. The topological polar surface area (TPSA) is 41.6 Å². The van der Waals surface area contributed by atoms with E-state index in [1.165, 1.54) is 0 Å². The molecule has 4 heteroatoms. The van der Waals surface area contributed by atoms with Gasteiger partial charge in [-0.3, -0.25) is 0 Å². The molecule has 0 radical (unpaired) electrons. The highest BCUT2D eigenvalue weighted by Crippen LogP contribution is 2.23. The lowest BCUT2D eigenvalue weighted by molar-refractivity contribution is 0.0908. The molecule has 0 aliphatic carbocycles. The van der Waals surface area contributed by atoms with Crippen LogP contribution < -0.4 is 5.32 Å². The molecule has 2 rings (SSSR count). The van der Waals surface area contributed by atoms with Crippen molar-refractivity contribution in [1.82, 2.24) is 10.2 Å². The van der Waals surface area contributed by atoms with Gasteiger partial charge in [0.05, 0.1) is 6.54 Å². The first kappa shape index (κ1) is 8.81. The van der Waals surface area contributed by atoms with E-state index in [1.54, 1.807) is 11.9 Å². The maximum Gasteiger partial charge on any atom is 0.409 e. The molecule has 4 nitrogen and oxygen atoms in total. The van der Waals surface area contributed by atoms with Crippen molar-refractivity contribution in [3.8, 4) is 0 Å². The van der Waals surface area contributed by atoms with Gasteiger partial charge in [-0.1, -0.05) is 0 Å². The second-order valence-electron chi connectivity index (χ2n) is 3.89. The van der Waals surface area contributed by atoms with Gasteiger partial charge in [0, 0.05) is 13.0 Å². The third-order valence-corrected chi connectivity index (χ3v) is 2.93. The van der Waals surface area contributed by atoms with Crippen LogP contribution >= 0.6 is 0 Å². The first-order valence-corrected chi connectivity index (χ1v) is 4.90. The summed E-state index contributed by atoms with van der Waals surface area (Å²) in [6.07, 6.45) is 2.24. The Labute approximate surface area is 78.2 Å². The van der Waals surface area contributed by atoms with E-state index in [2.05, 4.69) is 5.32 Å². The highest BCUT2D eigenvalue weighted by molar-refractivity contribution is 5.69. The summed E-state index contributed by atoms with van der Waals surface area (Å²) >= 11 is 0. The minimum Gasteiger partial charge on any atom is -0.444 e. The highest BCUT2D eigenvalue weighted by atomic mass is 16.6. The van der Waals surface area contributed by atoms with Crippen LogP contribution in [0.2, 0.25) is 0 Å². The standard InChI is InChI=1S/C9H16N2O2/c1-11-6-8(13-9(11)12)7-2-4-10-5-3-7/h7-8,10H,2-6H2,1H3/t8-/m1/s1. The summed E-state index contributed by atoms with van der Waals surface area (Å²) in [5.74, 6) is 0.565. The van der Waals surface area contributed by atoms with Crippen LogP contribution in [0.5, 0.6) is 0 Å². The van der Waals surface area contributed by atoms with Crippen LogP contribution in [0.15, 0.2) is 0 Å². The first-order valence-electron chi connectivity index (χ1n) is 4.90. The lowest BCUT2D eigenvalue weighted by Crippen LogP contribution is -2.35. The van der Waals surface area contributed by atoms with Crippen LogP contribution in [0.3, 0.4) is 0 Å². The second-order valence-corrected chi connectivity index (χ2v) is 3.89. The maximum absolute atomic E-state index is 11.1. The fourth-order valence-corrected chi connectivity index (χ4v) is 2.06. The van der Waals surface area contributed by atoms with E-state index in [0.717, 1.165) is 32.5 Å². The normalized spacial score (nSPS) is 30.7. The van der Waals surface area contributed by atoms with Crippen LogP contribution in [-0.4, -0.2) is 43.8 Å². The summed E-state index contributed by atoms with van der Waals surface area (Å²) < 4.78 is 5.27. The van der Waals surface area contributed by atoms with E-state index in [1.807, 2.05) is 0 Å². The van der Waals surface area contributed by atoms with Crippen molar-refractivity contribution in [3.05, 3.63) is 0 Å². The molecule has 0 spiro atoms. The molecule has 0 aromatic heterocycles. The smallest absolute Gasteiger partial charge is 0.409 e. The van der Waals surface area contributed by atoms with E-state index in [4.69, 9.17) is 4.74 Å². The quantitative estimate of drug-likeness (QED) is 0.643. The molecule has 2 saturated heterocycles. The molecule has 1 amide bonds. The van der Waals surface area contributed by atoms with Gasteiger partial charge in [0.15, 0.2) is 0 Å². The Balaban J connectivity index is 1.90. The van der Waals surface area contributed by atoms with Gasteiger partial charge >= 0.3 is 6.09 Å². The Morgan fingerprint density at radius 1 is 1.46 bits per heavy atom. The molecule has 0 aromatic carbocycles. The molecule has 2 aliphatic heterocycles. The van der Waals surface area contributed by atoms with Gasteiger partial charge in [-0.2, -0.15) is 0 Å². The summed E-state index contributed by atoms with van der Waals surface area (Å²) in [6, 6.07) is 0. The zero-order valence-electron chi connectivity index (χ0n) is 7.95. The summed E-state index contributed by atoms with van der Waals surface area (Å²) in [4.78, 5) is 12.8. The number of nitrogens with one attached hydrogen (secondary N) is 1. The molecule has 1 N–H and O–H groups in total. The van der Waals surface area contributed by atoms with Crippen LogP contribution in [0, 0.1) is 5.92 Å². The van der Waals surface area contributed by atoms with Gasteiger partial charge in [-0.25, -0.2) is 4.79 Å². The summed E-state index contributed by atoms with van der Waals surface area (Å²) in [7, 11) is 1.80. The summed E-state index contributed by atoms with van der Waals surface area (Å²) in [5.41, 5.74) is 0. The Kier molecular flexibility index (Phi) is 2.40. The van der Waals surface area contributed by atoms with Gasteiger partial charge in [0.2, 0.25) is 0 Å². The summed E-state index contributed by atoms with van der Waals surface area (Å²) in [5, 5.41) is 3.31. The van der Waals surface area contributed by atoms with E-state index < -0.39 is 0 Å². The fourth-order valence-electron chi connectivity index (χ4n) is 2.06. The molecule has 2 aliphatic rings. The number of hydrogen-bond donors (Lipinski definition) is 1. The number of piperidine rings is 1. The molecule has 0 saturated carbocycles. The lowest BCUT2D eigenvalue weighted by atomic mass is 9.92. The van der Waals surface area contributed by atoms with Gasteiger partial charge in [-0.05, 0) is 25.9 Å². The van der Waals surface area contributed by atoms with Gasteiger partial charge in [-0.15, -0.1) is 0 Å². The van der Waals surface area contributed by atoms with Crippen molar-refractivity contribution >= 4 is 6.09 Å². The van der Waals surface area contributed by atoms with E-state index in [-0.39, 0.29) is 12.2 Å². The Hall–Kier alpha value is -0.770. The van der Waals surface area contributed by atoms with Crippen molar-refractivity contribution in [2.45, 2.75) is 18.9 Å². The molecule has 1 atom stereocenters. The molecule has 0 bridgehead atoms. The predicted octanol–water partition coefficient (Wildman–Crippen LogP) is 0.437. The van der Waals surface area contributed by atoms with E-state index in [9.17, 15) is 4.79 Å². The van der Waals surface area contributed by atoms with Crippen LogP contribution in [0.4, 0.5) is 4.79 Å². The number of amides is 1. The monoisotopic (exact) mass is 184 g/mol. The van der Waals surface area contributed by atoms with Gasteiger partial charge < -0.3 is 15.0 Å². The third kappa shape index (κ3) is 1.77. The Morgan fingerprint density at radius 2 is 2.15 bits per heavy atom. The zero-order valence-corrected chi connectivity index (χ0v) is 7.95. The largest absolute Gasteiger partial charge is 0.444 e. The average Bonchev–Trinajstić information content (AvgIpc) is 2.49.